The molecule has 4 rings (SSSR count). The third-order valence-corrected chi connectivity index (χ3v) is 6.01. The number of thiophene rings is 1. The van der Waals surface area contributed by atoms with E-state index in [4.69, 9.17) is 15.1 Å². The van der Waals surface area contributed by atoms with Crippen molar-refractivity contribution in [3.63, 3.8) is 0 Å². The molecule has 0 aliphatic rings. The minimum atomic E-state index is -0.944. The number of nitrogens with zero attached hydrogens (tertiary/aromatic N) is 2. The fourth-order valence-corrected chi connectivity index (χ4v) is 4.19. The number of rotatable bonds is 7. The lowest BCUT2D eigenvalue weighted by Crippen LogP contribution is -2.05. The molecule has 0 atom stereocenters. The van der Waals surface area contributed by atoms with Crippen molar-refractivity contribution in [3.05, 3.63) is 94.0 Å². The van der Waals surface area contributed by atoms with Gasteiger partial charge in [0.25, 0.3) is 0 Å². The van der Waals surface area contributed by atoms with Crippen LogP contribution in [0.3, 0.4) is 0 Å². The molecule has 4 aromatic rings. The standard InChI is InChI=1S/C26H23N3O2S/c1-3-22-17(2)27-25(29-24(22)28-21-13-11-20(12-14-21)26(30)31)23-15-19(16-32-23)10-9-18-7-5-4-6-8-18/h4-16H,3H2,1-2H3,(H,30,31)(H,27,28,29)/b10-9+. The van der Waals surface area contributed by atoms with E-state index in [-0.39, 0.29) is 5.56 Å². The topological polar surface area (TPSA) is 75.1 Å². The Morgan fingerprint density at radius 3 is 2.44 bits per heavy atom. The maximum absolute atomic E-state index is 11.1. The summed E-state index contributed by atoms with van der Waals surface area (Å²) >= 11 is 1.61. The highest BCUT2D eigenvalue weighted by molar-refractivity contribution is 7.13. The van der Waals surface area contributed by atoms with Crippen LogP contribution >= 0.6 is 11.3 Å². The van der Waals surface area contributed by atoms with Crippen LogP contribution in [0.15, 0.2) is 66.0 Å². The minimum Gasteiger partial charge on any atom is -0.478 e. The Hall–Kier alpha value is -3.77. The van der Waals surface area contributed by atoms with Crippen molar-refractivity contribution in [3.8, 4) is 10.7 Å². The van der Waals surface area contributed by atoms with Gasteiger partial charge in [0.2, 0.25) is 0 Å². The average molecular weight is 442 g/mol. The zero-order valence-electron chi connectivity index (χ0n) is 17.9. The summed E-state index contributed by atoms with van der Waals surface area (Å²) in [5.74, 6) is 0.474. The predicted molar refractivity (Wildman–Crippen MR) is 132 cm³/mol. The molecule has 0 saturated heterocycles. The monoisotopic (exact) mass is 441 g/mol. The lowest BCUT2D eigenvalue weighted by Gasteiger charge is -2.13. The van der Waals surface area contributed by atoms with Gasteiger partial charge in [0.1, 0.15) is 5.82 Å². The highest BCUT2D eigenvalue weighted by atomic mass is 32.1. The van der Waals surface area contributed by atoms with E-state index in [0.717, 1.165) is 45.2 Å². The molecule has 0 aliphatic carbocycles. The molecule has 2 heterocycles. The van der Waals surface area contributed by atoms with Gasteiger partial charge in [0, 0.05) is 16.9 Å². The summed E-state index contributed by atoms with van der Waals surface area (Å²) in [5, 5.41) is 14.5. The van der Waals surface area contributed by atoms with E-state index >= 15 is 0 Å². The molecule has 2 aromatic carbocycles. The highest BCUT2D eigenvalue weighted by Crippen LogP contribution is 2.30. The van der Waals surface area contributed by atoms with E-state index in [1.165, 1.54) is 0 Å². The molecule has 2 aromatic heterocycles. The summed E-state index contributed by atoms with van der Waals surface area (Å²) in [7, 11) is 0. The van der Waals surface area contributed by atoms with Gasteiger partial charge in [-0.3, -0.25) is 0 Å². The molecule has 5 nitrogen and oxygen atoms in total. The number of aromatic carboxylic acids is 1. The van der Waals surface area contributed by atoms with Gasteiger partial charge in [-0.05, 0) is 60.2 Å². The Bertz CT molecular complexity index is 1260. The number of carboxylic acids is 1. The SMILES string of the molecule is CCc1c(C)nc(-c2cc(/C=C/c3ccccc3)cs2)nc1Nc1ccc(C(=O)O)cc1. The van der Waals surface area contributed by atoms with Crippen LogP contribution in [0.2, 0.25) is 0 Å². The van der Waals surface area contributed by atoms with Crippen LogP contribution in [0.5, 0.6) is 0 Å². The first-order valence-electron chi connectivity index (χ1n) is 10.3. The van der Waals surface area contributed by atoms with Crippen LogP contribution in [0.25, 0.3) is 22.9 Å². The number of anilines is 2. The second-order valence-electron chi connectivity index (χ2n) is 7.31. The van der Waals surface area contributed by atoms with Crippen LogP contribution in [-0.2, 0) is 6.42 Å². The summed E-state index contributed by atoms with van der Waals surface area (Å²) in [6, 6.07) is 18.9. The van der Waals surface area contributed by atoms with Crippen LogP contribution in [0.1, 0.15) is 39.7 Å². The zero-order valence-corrected chi connectivity index (χ0v) is 18.7. The highest BCUT2D eigenvalue weighted by Gasteiger charge is 2.14. The second-order valence-corrected chi connectivity index (χ2v) is 8.22. The molecule has 0 aliphatic heterocycles. The smallest absolute Gasteiger partial charge is 0.335 e. The van der Waals surface area contributed by atoms with Crippen molar-refractivity contribution in [2.75, 3.05) is 5.32 Å². The Morgan fingerprint density at radius 1 is 1.03 bits per heavy atom. The molecule has 0 radical (unpaired) electrons. The van der Waals surface area contributed by atoms with Crippen molar-refractivity contribution < 1.29 is 9.90 Å². The minimum absolute atomic E-state index is 0.250. The van der Waals surface area contributed by atoms with Gasteiger partial charge in [0.15, 0.2) is 5.82 Å². The Labute approximate surface area is 191 Å². The van der Waals surface area contributed by atoms with E-state index in [9.17, 15) is 4.79 Å². The maximum atomic E-state index is 11.1. The van der Waals surface area contributed by atoms with Crippen LogP contribution in [0, 0.1) is 6.92 Å². The first-order chi connectivity index (χ1) is 15.5. The quantitative estimate of drug-likeness (QED) is 0.334. The lowest BCUT2D eigenvalue weighted by molar-refractivity contribution is 0.0697. The predicted octanol–water partition coefficient (Wildman–Crippen LogP) is 6.69. The van der Waals surface area contributed by atoms with Gasteiger partial charge in [-0.2, -0.15) is 0 Å². The number of hydrogen-bond acceptors (Lipinski definition) is 5. The third-order valence-electron chi connectivity index (χ3n) is 5.07. The molecule has 160 valence electrons. The summed E-state index contributed by atoms with van der Waals surface area (Å²) in [4.78, 5) is 21.6. The Kier molecular flexibility index (Phi) is 6.42. The fourth-order valence-electron chi connectivity index (χ4n) is 3.38. The van der Waals surface area contributed by atoms with E-state index in [1.54, 1.807) is 35.6 Å². The lowest BCUT2D eigenvalue weighted by atomic mass is 10.1. The Morgan fingerprint density at radius 2 is 1.75 bits per heavy atom. The van der Waals surface area contributed by atoms with Crippen LogP contribution in [0.4, 0.5) is 11.5 Å². The number of carboxylic acid groups (broad SMARTS) is 1. The fraction of sp³-hybridized carbons (Fsp3) is 0.115. The summed E-state index contributed by atoms with van der Waals surface area (Å²) in [6.07, 6.45) is 4.97. The number of hydrogen-bond donors (Lipinski definition) is 2. The van der Waals surface area contributed by atoms with E-state index < -0.39 is 5.97 Å². The first kappa shape index (κ1) is 21.5. The van der Waals surface area contributed by atoms with Crippen molar-refractivity contribution in [2.24, 2.45) is 0 Å². The molecule has 0 fully saturated rings. The number of carbonyl (C=O) groups is 1. The molecule has 0 saturated carbocycles. The van der Waals surface area contributed by atoms with Crippen molar-refractivity contribution in [1.29, 1.82) is 0 Å². The van der Waals surface area contributed by atoms with Crippen molar-refractivity contribution in [2.45, 2.75) is 20.3 Å². The second kappa shape index (κ2) is 9.58. The molecule has 0 amide bonds. The normalized spacial score (nSPS) is 11.1. The third kappa shape index (κ3) is 4.92. The summed E-state index contributed by atoms with van der Waals surface area (Å²) < 4.78 is 0. The first-order valence-corrected chi connectivity index (χ1v) is 11.2. The van der Waals surface area contributed by atoms with Crippen molar-refractivity contribution in [1.82, 2.24) is 9.97 Å². The Balaban J connectivity index is 1.61. The number of nitrogens with one attached hydrogen (secondary N) is 1. The van der Waals surface area contributed by atoms with Gasteiger partial charge in [-0.25, -0.2) is 14.8 Å². The molecular formula is C26H23N3O2S. The van der Waals surface area contributed by atoms with Gasteiger partial charge in [-0.15, -0.1) is 11.3 Å². The zero-order chi connectivity index (χ0) is 22.5. The van der Waals surface area contributed by atoms with Crippen molar-refractivity contribution >= 4 is 41.0 Å². The van der Waals surface area contributed by atoms with Gasteiger partial charge < -0.3 is 10.4 Å². The van der Waals surface area contributed by atoms with E-state index in [1.807, 2.05) is 25.1 Å². The number of aryl methyl sites for hydroxylation is 1. The maximum Gasteiger partial charge on any atom is 0.335 e. The molecule has 6 heteroatoms. The molecule has 0 bridgehead atoms. The molecule has 32 heavy (non-hydrogen) atoms. The van der Waals surface area contributed by atoms with E-state index in [2.05, 4.69) is 48.0 Å². The summed E-state index contributed by atoms with van der Waals surface area (Å²) in [5.41, 5.74) is 5.26. The molecular weight excluding hydrogens is 418 g/mol. The van der Waals surface area contributed by atoms with Crippen LogP contribution < -0.4 is 5.32 Å². The van der Waals surface area contributed by atoms with E-state index in [0.29, 0.717) is 5.82 Å². The summed E-state index contributed by atoms with van der Waals surface area (Å²) in [6.45, 7) is 4.06. The van der Waals surface area contributed by atoms with Gasteiger partial charge >= 0.3 is 5.97 Å². The number of aromatic nitrogens is 2. The van der Waals surface area contributed by atoms with Gasteiger partial charge in [-0.1, -0.05) is 49.4 Å². The number of benzene rings is 2. The largest absolute Gasteiger partial charge is 0.478 e. The molecule has 0 spiro atoms. The molecule has 0 unspecified atom stereocenters. The molecule has 2 N–H and O–H groups in total. The van der Waals surface area contributed by atoms with Gasteiger partial charge in [0.05, 0.1) is 10.4 Å². The average Bonchev–Trinajstić information content (AvgIpc) is 3.28. The van der Waals surface area contributed by atoms with Crippen LogP contribution in [-0.4, -0.2) is 21.0 Å².